The Bertz CT molecular complexity index is 1150. The van der Waals surface area contributed by atoms with E-state index in [9.17, 15) is 13.2 Å². The van der Waals surface area contributed by atoms with Crippen molar-refractivity contribution in [2.24, 2.45) is 0 Å². The van der Waals surface area contributed by atoms with E-state index in [2.05, 4.69) is 4.72 Å². The Morgan fingerprint density at radius 3 is 2.64 bits per heavy atom. The minimum absolute atomic E-state index is 0.184. The molecule has 0 fully saturated rings. The summed E-state index contributed by atoms with van der Waals surface area (Å²) in [5.41, 5.74) is 1.15. The van der Waals surface area contributed by atoms with Crippen LogP contribution in [0.15, 0.2) is 65.6 Å². The average molecular weight is 397 g/mol. The van der Waals surface area contributed by atoms with Gasteiger partial charge in [0, 0.05) is 5.39 Å². The van der Waals surface area contributed by atoms with Crippen LogP contribution in [0.4, 0.5) is 5.69 Å². The van der Waals surface area contributed by atoms with Crippen molar-refractivity contribution in [3.8, 4) is 5.75 Å². The number of hydrogen-bond donors (Lipinski definition) is 1. The summed E-state index contributed by atoms with van der Waals surface area (Å²) in [6, 6.07) is 17.7. The summed E-state index contributed by atoms with van der Waals surface area (Å²) >= 11 is 0. The molecule has 1 aliphatic heterocycles. The highest BCUT2D eigenvalue weighted by molar-refractivity contribution is 7.93. The largest absolute Gasteiger partial charge is 0.476 e. The highest BCUT2D eigenvalue weighted by atomic mass is 32.2. The molecule has 1 atom stereocenters. The maximum Gasteiger partial charge on any atom is 0.347 e. The van der Waals surface area contributed by atoms with E-state index in [1.807, 2.05) is 24.3 Å². The van der Waals surface area contributed by atoms with E-state index in [4.69, 9.17) is 9.47 Å². The number of sulfonamides is 1. The second kappa shape index (κ2) is 7.16. The molecule has 7 heteroatoms. The molecule has 0 saturated carbocycles. The van der Waals surface area contributed by atoms with Gasteiger partial charge in [-0.25, -0.2) is 13.2 Å². The van der Waals surface area contributed by atoms with E-state index in [0.717, 1.165) is 10.9 Å². The predicted octanol–water partition coefficient (Wildman–Crippen LogP) is 3.51. The zero-order valence-corrected chi connectivity index (χ0v) is 16.0. The third-order valence-electron chi connectivity index (χ3n) is 4.78. The topological polar surface area (TPSA) is 81.7 Å². The number of anilines is 1. The molecule has 4 rings (SSSR count). The maximum absolute atomic E-state index is 13.1. The lowest BCUT2D eigenvalue weighted by molar-refractivity contribution is -0.149. The summed E-state index contributed by atoms with van der Waals surface area (Å²) in [7, 11) is -2.56. The van der Waals surface area contributed by atoms with E-state index < -0.39 is 22.1 Å². The van der Waals surface area contributed by atoms with Crippen LogP contribution in [0.5, 0.6) is 5.75 Å². The fourth-order valence-electron chi connectivity index (χ4n) is 3.42. The Kier molecular flexibility index (Phi) is 4.68. The van der Waals surface area contributed by atoms with Gasteiger partial charge >= 0.3 is 5.97 Å². The number of methoxy groups -OCH3 is 1. The molecule has 0 spiro atoms. The van der Waals surface area contributed by atoms with Crippen LogP contribution in [0.25, 0.3) is 10.8 Å². The Balaban J connectivity index is 1.73. The number of carbonyl (C=O) groups is 1. The minimum atomic E-state index is -3.86. The lowest BCUT2D eigenvalue weighted by Gasteiger charge is -2.26. The lowest BCUT2D eigenvalue weighted by Crippen LogP contribution is -2.32. The highest BCUT2D eigenvalue weighted by Gasteiger charge is 2.29. The van der Waals surface area contributed by atoms with Gasteiger partial charge in [0.25, 0.3) is 10.0 Å². The summed E-state index contributed by atoms with van der Waals surface area (Å²) in [6.45, 7) is 0. The van der Waals surface area contributed by atoms with E-state index in [1.165, 1.54) is 7.11 Å². The maximum atomic E-state index is 13.1. The van der Waals surface area contributed by atoms with Crippen molar-refractivity contribution >= 4 is 32.5 Å². The second-order valence-corrected chi connectivity index (χ2v) is 8.20. The van der Waals surface area contributed by atoms with E-state index in [1.54, 1.807) is 36.4 Å². The van der Waals surface area contributed by atoms with Gasteiger partial charge < -0.3 is 9.47 Å². The number of para-hydroxylation sites is 1. The first-order valence-corrected chi connectivity index (χ1v) is 10.3. The number of fused-ring (bicyclic) bond motifs is 2. The lowest BCUT2D eigenvalue weighted by atomic mass is 10.0. The van der Waals surface area contributed by atoms with Gasteiger partial charge in [0.2, 0.25) is 0 Å². The SMILES string of the molecule is COC(=O)C1CCc2cccc(NS(=O)(=O)c3cccc4ccccc34)c2O1. The van der Waals surface area contributed by atoms with Crippen molar-refractivity contribution in [2.75, 3.05) is 11.8 Å². The molecule has 0 radical (unpaired) electrons. The van der Waals surface area contributed by atoms with Crippen LogP contribution in [-0.2, 0) is 26.0 Å². The van der Waals surface area contributed by atoms with Gasteiger partial charge in [-0.2, -0.15) is 0 Å². The summed E-state index contributed by atoms with van der Waals surface area (Å²) in [5, 5.41) is 1.47. The quantitative estimate of drug-likeness (QED) is 0.682. The van der Waals surface area contributed by atoms with Crippen molar-refractivity contribution < 1.29 is 22.7 Å². The standard InChI is InChI=1S/C21H19NO5S/c1-26-21(23)18-13-12-15-8-4-10-17(20(15)27-18)22-28(24,25)19-11-5-7-14-6-2-3-9-16(14)19/h2-11,18,22H,12-13H2,1H3. The smallest absolute Gasteiger partial charge is 0.347 e. The highest BCUT2D eigenvalue weighted by Crippen LogP contribution is 2.37. The summed E-state index contributed by atoms with van der Waals surface area (Å²) in [5.74, 6) is -0.106. The van der Waals surface area contributed by atoms with Crippen LogP contribution in [-0.4, -0.2) is 27.6 Å². The first kappa shape index (κ1) is 18.3. The molecule has 0 amide bonds. The predicted molar refractivity (Wildman–Crippen MR) is 106 cm³/mol. The van der Waals surface area contributed by atoms with Crippen molar-refractivity contribution in [2.45, 2.75) is 23.8 Å². The van der Waals surface area contributed by atoms with E-state index in [-0.39, 0.29) is 4.90 Å². The van der Waals surface area contributed by atoms with E-state index >= 15 is 0 Å². The molecule has 6 nitrogen and oxygen atoms in total. The molecule has 28 heavy (non-hydrogen) atoms. The molecule has 1 aliphatic rings. The Morgan fingerprint density at radius 1 is 1.07 bits per heavy atom. The molecule has 0 aromatic heterocycles. The van der Waals surface area contributed by atoms with Gasteiger partial charge in [-0.15, -0.1) is 0 Å². The molecule has 3 aromatic rings. The van der Waals surface area contributed by atoms with Crippen LogP contribution in [0.1, 0.15) is 12.0 Å². The molecular weight excluding hydrogens is 378 g/mol. The number of ether oxygens (including phenoxy) is 2. The molecule has 1 unspecified atom stereocenters. The van der Waals surface area contributed by atoms with Crippen LogP contribution >= 0.6 is 0 Å². The number of carbonyl (C=O) groups excluding carboxylic acids is 1. The third kappa shape index (κ3) is 3.29. The van der Waals surface area contributed by atoms with Gasteiger partial charge in [-0.3, -0.25) is 4.72 Å². The van der Waals surface area contributed by atoms with Gasteiger partial charge in [0.15, 0.2) is 6.10 Å². The van der Waals surface area contributed by atoms with Crippen molar-refractivity contribution in [3.63, 3.8) is 0 Å². The van der Waals surface area contributed by atoms with Gasteiger partial charge in [0.05, 0.1) is 17.7 Å². The van der Waals surface area contributed by atoms with Crippen molar-refractivity contribution in [3.05, 3.63) is 66.2 Å². The third-order valence-corrected chi connectivity index (χ3v) is 6.20. The number of aryl methyl sites for hydroxylation is 1. The van der Waals surface area contributed by atoms with Crippen LogP contribution in [0.3, 0.4) is 0 Å². The Morgan fingerprint density at radius 2 is 1.82 bits per heavy atom. The molecule has 1 heterocycles. The zero-order valence-electron chi connectivity index (χ0n) is 15.2. The first-order valence-electron chi connectivity index (χ1n) is 8.86. The molecule has 0 aliphatic carbocycles. The van der Waals surface area contributed by atoms with Crippen molar-refractivity contribution in [1.29, 1.82) is 0 Å². The number of benzene rings is 3. The molecule has 1 N–H and O–H groups in total. The Labute approximate surface area is 163 Å². The fourth-order valence-corrected chi connectivity index (χ4v) is 4.71. The van der Waals surface area contributed by atoms with Crippen LogP contribution in [0, 0.1) is 0 Å². The molecule has 0 bridgehead atoms. The second-order valence-electron chi connectivity index (χ2n) is 6.54. The summed E-state index contributed by atoms with van der Waals surface area (Å²) in [4.78, 5) is 12.0. The number of rotatable bonds is 4. The number of hydrogen-bond acceptors (Lipinski definition) is 5. The zero-order chi connectivity index (χ0) is 19.7. The molecule has 144 valence electrons. The first-order chi connectivity index (χ1) is 13.5. The average Bonchev–Trinajstić information content (AvgIpc) is 2.72. The summed E-state index contributed by atoms with van der Waals surface area (Å²) < 4.78 is 39.4. The normalized spacial score (nSPS) is 16.1. The van der Waals surface area contributed by atoms with E-state index in [0.29, 0.717) is 29.7 Å². The Hall–Kier alpha value is -3.06. The van der Waals surface area contributed by atoms with Gasteiger partial charge in [-0.05, 0) is 35.9 Å². The molecule has 0 saturated heterocycles. The summed E-state index contributed by atoms with van der Waals surface area (Å²) in [6.07, 6.45) is 0.332. The number of esters is 1. The molecule has 3 aromatic carbocycles. The monoisotopic (exact) mass is 397 g/mol. The number of nitrogens with one attached hydrogen (secondary N) is 1. The van der Waals surface area contributed by atoms with Gasteiger partial charge in [0.1, 0.15) is 5.75 Å². The van der Waals surface area contributed by atoms with Crippen LogP contribution in [0.2, 0.25) is 0 Å². The molecular formula is C21H19NO5S. The van der Waals surface area contributed by atoms with Crippen molar-refractivity contribution in [1.82, 2.24) is 0 Å². The van der Waals surface area contributed by atoms with Gasteiger partial charge in [-0.1, -0.05) is 48.5 Å². The minimum Gasteiger partial charge on any atom is -0.476 e. The van der Waals surface area contributed by atoms with Crippen LogP contribution < -0.4 is 9.46 Å². The fraction of sp³-hybridized carbons (Fsp3) is 0.190.